The van der Waals surface area contributed by atoms with Crippen LogP contribution in [-0.4, -0.2) is 60.1 Å². The van der Waals surface area contributed by atoms with E-state index in [-0.39, 0.29) is 17.5 Å². The molecule has 8 heteroatoms. The summed E-state index contributed by atoms with van der Waals surface area (Å²) in [6.45, 7) is 14.6. The Morgan fingerprint density at radius 3 is 2.55 bits per heavy atom. The highest BCUT2D eigenvalue weighted by Crippen LogP contribution is 2.35. The molecular formula is C32H39N5O3. The predicted octanol–water partition coefficient (Wildman–Crippen LogP) is 6.64. The van der Waals surface area contributed by atoms with Crippen molar-refractivity contribution in [1.29, 1.82) is 0 Å². The van der Waals surface area contributed by atoms with E-state index in [0.29, 0.717) is 18.1 Å². The molecule has 0 bridgehead atoms. The van der Waals surface area contributed by atoms with Crippen LogP contribution < -0.4 is 15.0 Å². The van der Waals surface area contributed by atoms with Crippen molar-refractivity contribution in [2.45, 2.75) is 46.1 Å². The summed E-state index contributed by atoms with van der Waals surface area (Å²) in [4.78, 5) is 18.0. The van der Waals surface area contributed by atoms with Crippen LogP contribution in [0.4, 0.5) is 22.0 Å². The van der Waals surface area contributed by atoms with Gasteiger partial charge in [0.2, 0.25) is 0 Å². The minimum Gasteiger partial charge on any atom is -0.491 e. The van der Waals surface area contributed by atoms with Gasteiger partial charge in [0, 0.05) is 36.0 Å². The maximum atomic E-state index is 14.0. The number of aromatic nitrogens is 2. The summed E-state index contributed by atoms with van der Waals surface area (Å²) < 4.78 is 11.8. The van der Waals surface area contributed by atoms with Crippen molar-refractivity contribution in [3.05, 3.63) is 78.0 Å². The molecule has 8 nitrogen and oxygen atoms in total. The number of nitrogens with zero attached hydrogens (tertiary/aromatic N) is 3. The Bertz CT molecular complexity index is 1460. The van der Waals surface area contributed by atoms with Gasteiger partial charge in [0.25, 0.3) is 0 Å². The standard InChI is InChI=1S/C32H39N5O3/c1-22-10-11-24(32(3,4)5)20-28(22)37(30-14-15-33-35-30)31(38)34-27-12-13-29(26-9-7-6-8-25(26)27)40-21-23(2)36-16-18-39-19-17-36/h6-15,20,23H,16-19,21H2,1-5H3,(H,33,35)(H,34,38). The molecule has 1 atom stereocenters. The number of H-pyrrole nitrogens is 1. The van der Waals surface area contributed by atoms with E-state index in [1.807, 2.05) is 43.3 Å². The number of fused-ring (bicyclic) bond motifs is 1. The van der Waals surface area contributed by atoms with E-state index in [1.54, 1.807) is 17.2 Å². The number of benzene rings is 3. The van der Waals surface area contributed by atoms with E-state index >= 15 is 0 Å². The molecule has 40 heavy (non-hydrogen) atoms. The van der Waals surface area contributed by atoms with Crippen LogP contribution in [0, 0.1) is 6.92 Å². The molecule has 3 aromatic carbocycles. The molecule has 1 aromatic heterocycles. The Morgan fingerprint density at radius 1 is 1.10 bits per heavy atom. The number of amides is 2. The average molecular weight is 542 g/mol. The predicted molar refractivity (Wildman–Crippen MR) is 161 cm³/mol. The molecule has 1 fully saturated rings. The van der Waals surface area contributed by atoms with E-state index in [4.69, 9.17) is 9.47 Å². The van der Waals surface area contributed by atoms with Crippen LogP contribution >= 0.6 is 0 Å². The van der Waals surface area contributed by atoms with E-state index in [1.165, 1.54) is 0 Å². The molecule has 1 aliphatic heterocycles. The van der Waals surface area contributed by atoms with Gasteiger partial charge in [0.15, 0.2) is 0 Å². The van der Waals surface area contributed by atoms with Crippen LogP contribution in [0.15, 0.2) is 66.9 Å². The number of morpholine rings is 1. The van der Waals surface area contributed by atoms with Crippen molar-refractivity contribution in [3.8, 4) is 5.75 Å². The molecule has 0 radical (unpaired) electrons. The lowest BCUT2D eigenvalue weighted by Gasteiger charge is -2.32. The second kappa shape index (κ2) is 11.7. The number of rotatable bonds is 7. The normalized spacial score (nSPS) is 15.1. The van der Waals surface area contributed by atoms with Crippen LogP contribution in [0.1, 0.15) is 38.8 Å². The number of hydrogen-bond donors (Lipinski definition) is 2. The molecule has 5 rings (SSSR count). The van der Waals surface area contributed by atoms with Gasteiger partial charge in [0.05, 0.1) is 30.8 Å². The molecule has 4 aromatic rings. The van der Waals surface area contributed by atoms with Gasteiger partial charge in [-0.05, 0) is 48.6 Å². The highest BCUT2D eigenvalue weighted by molar-refractivity contribution is 6.11. The summed E-state index contributed by atoms with van der Waals surface area (Å²) in [7, 11) is 0. The topological polar surface area (TPSA) is 82.7 Å². The third-order valence-corrected chi connectivity index (χ3v) is 7.52. The lowest BCUT2D eigenvalue weighted by molar-refractivity contribution is 0.0106. The fourth-order valence-electron chi connectivity index (χ4n) is 5.05. The summed E-state index contributed by atoms with van der Waals surface area (Å²) in [5, 5.41) is 12.1. The van der Waals surface area contributed by atoms with E-state index in [9.17, 15) is 4.79 Å². The maximum Gasteiger partial charge on any atom is 0.332 e. The summed E-state index contributed by atoms with van der Waals surface area (Å²) >= 11 is 0. The molecule has 210 valence electrons. The van der Waals surface area contributed by atoms with Crippen LogP contribution in [-0.2, 0) is 10.2 Å². The maximum absolute atomic E-state index is 14.0. The molecule has 0 spiro atoms. The number of carbonyl (C=O) groups is 1. The first kappa shape index (κ1) is 27.7. The van der Waals surface area contributed by atoms with Gasteiger partial charge in [-0.25, -0.2) is 9.69 Å². The van der Waals surface area contributed by atoms with Crippen LogP contribution in [0.25, 0.3) is 10.8 Å². The zero-order valence-electron chi connectivity index (χ0n) is 24.0. The summed E-state index contributed by atoms with van der Waals surface area (Å²) in [5.74, 6) is 1.39. The third-order valence-electron chi connectivity index (χ3n) is 7.52. The molecule has 1 saturated heterocycles. The second-order valence-electron chi connectivity index (χ2n) is 11.4. The second-order valence-corrected chi connectivity index (χ2v) is 11.4. The van der Waals surface area contributed by atoms with Gasteiger partial charge in [0.1, 0.15) is 18.2 Å². The van der Waals surface area contributed by atoms with Gasteiger partial charge in [-0.1, -0.05) is 57.2 Å². The third kappa shape index (κ3) is 5.98. The van der Waals surface area contributed by atoms with Crippen molar-refractivity contribution in [3.63, 3.8) is 0 Å². The number of ether oxygens (including phenoxy) is 2. The van der Waals surface area contributed by atoms with Crippen molar-refractivity contribution >= 4 is 34.0 Å². The average Bonchev–Trinajstić information content (AvgIpc) is 3.48. The Labute approximate surface area is 236 Å². The fraction of sp³-hybridized carbons (Fsp3) is 0.375. The van der Waals surface area contributed by atoms with Crippen molar-refractivity contribution in [1.82, 2.24) is 15.1 Å². The number of hydrogen-bond acceptors (Lipinski definition) is 5. The monoisotopic (exact) mass is 541 g/mol. The van der Waals surface area contributed by atoms with Gasteiger partial charge in [-0.15, -0.1) is 0 Å². The largest absolute Gasteiger partial charge is 0.491 e. The summed E-state index contributed by atoms with van der Waals surface area (Å²) in [5.41, 5.74) is 3.58. The Hall–Kier alpha value is -3.88. The van der Waals surface area contributed by atoms with E-state index < -0.39 is 0 Å². The molecule has 2 amide bonds. The molecule has 0 saturated carbocycles. The molecule has 1 unspecified atom stereocenters. The lowest BCUT2D eigenvalue weighted by Crippen LogP contribution is -2.44. The number of anilines is 3. The van der Waals surface area contributed by atoms with Crippen LogP contribution in [0.3, 0.4) is 0 Å². The molecule has 1 aliphatic rings. The number of nitrogens with one attached hydrogen (secondary N) is 2. The Balaban J connectivity index is 1.43. The zero-order valence-corrected chi connectivity index (χ0v) is 24.0. The van der Waals surface area contributed by atoms with Crippen LogP contribution in [0.5, 0.6) is 5.75 Å². The minimum atomic E-state index is -0.279. The smallest absolute Gasteiger partial charge is 0.332 e. The van der Waals surface area contributed by atoms with Crippen molar-refractivity contribution < 1.29 is 14.3 Å². The minimum absolute atomic E-state index is 0.0656. The summed E-state index contributed by atoms with van der Waals surface area (Å²) in [6.07, 6.45) is 1.65. The fourth-order valence-corrected chi connectivity index (χ4v) is 5.05. The van der Waals surface area contributed by atoms with E-state index in [2.05, 4.69) is 66.3 Å². The number of urea groups is 1. The molecular weight excluding hydrogens is 502 g/mol. The van der Waals surface area contributed by atoms with Crippen molar-refractivity contribution in [2.24, 2.45) is 0 Å². The van der Waals surface area contributed by atoms with Gasteiger partial charge in [-0.3, -0.25) is 10.00 Å². The first-order chi connectivity index (χ1) is 19.2. The number of carbonyl (C=O) groups excluding carboxylic acids is 1. The Morgan fingerprint density at radius 2 is 1.85 bits per heavy atom. The summed E-state index contributed by atoms with van der Waals surface area (Å²) in [6, 6.07) is 19.9. The first-order valence-electron chi connectivity index (χ1n) is 13.9. The number of aryl methyl sites for hydroxylation is 1. The molecule has 0 aliphatic carbocycles. The highest BCUT2D eigenvalue weighted by atomic mass is 16.5. The van der Waals surface area contributed by atoms with Gasteiger partial charge >= 0.3 is 6.03 Å². The van der Waals surface area contributed by atoms with Gasteiger partial charge < -0.3 is 14.8 Å². The Kier molecular flexibility index (Phi) is 8.09. The molecule has 2 N–H and O–H groups in total. The molecule has 2 heterocycles. The van der Waals surface area contributed by atoms with Gasteiger partial charge in [-0.2, -0.15) is 5.10 Å². The highest BCUT2D eigenvalue weighted by Gasteiger charge is 2.25. The SMILES string of the molecule is Cc1ccc(C(C)(C)C)cc1N(C(=O)Nc1ccc(OCC(C)N2CCOCC2)c2ccccc12)c1ccn[nH]1. The lowest BCUT2D eigenvalue weighted by atomic mass is 9.86. The van der Waals surface area contributed by atoms with E-state index in [0.717, 1.165) is 59.6 Å². The van der Waals surface area contributed by atoms with Crippen molar-refractivity contribution in [2.75, 3.05) is 43.1 Å². The quantitative estimate of drug-likeness (QED) is 0.274. The van der Waals surface area contributed by atoms with Crippen LogP contribution in [0.2, 0.25) is 0 Å². The zero-order chi connectivity index (χ0) is 28.3. The first-order valence-corrected chi connectivity index (χ1v) is 13.9. The number of aromatic amines is 1.